The molecular formula is C21H18FN5O3S2. The standard InChI is InChI=1S/C21H18FN5O3S2/c1-32(29,30)26-16-5-2-4-14(12-16)13-23-21(28)19-24-20(18-6-3-11-31-18)27(25-19)17-9-7-15(22)8-10-17/h2-12,26H,13H2,1H3,(H,23,28). The highest BCUT2D eigenvalue weighted by Crippen LogP contribution is 2.25. The van der Waals surface area contributed by atoms with Gasteiger partial charge in [-0.2, -0.15) is 0 Å². The van der Waals surface area contributed by atoms with Crippen molar-refractivity contribution in [1.29, 1.82) is 0 Å². The Hall–Kier alpha value is -3.57. The number of rotatable bonds is 7. The van der Waals surface area contributed by atoms with Crippen molar-refractivity contribution in [2.75, 3.05) is 11.0 Å². The van der Waals surface area contributed by atoms with Crippen LogP contribution in [0.15, 0.2) is 66.0 Å². The van der Waals surface area contributed by atoms with E-state index >= 15 is 0 Å². The molecule has 0 aliphatic carbocycles. The van der Waals surface area contributed by atoms with Gasteiger partial charge in [0.25, 0.3) is 5.91 Å². The molecular weight excluding hydrogens is 453 g/mol. The molecule has 32 heavy (non-hydrogen) atoms. The lowest BCUT2D eigenvalue weighted by Gasteiger charge is -2.07. The number of thiophene rings is 1. The van der Waals surface area contributed by atoms with E-state index in [1.54, 1.807) is 36.4 Å². The van der Waals surface area contributed by atoms with Crippen LogP contribution in [0.3, 0.4) is 0 Å². The molecule has 2 heterocycles. The number of hydrogen-bond donors (Lipinski definition) is 2. The van der Waals surface area contributed by atoms with Gasteiger partial charge in [0.2, 0.25) is 15.8 Å². The van der Waals surface area contributed by atoms with Crippen LogP contribution in [-0.2, 0) is 16.6 Å². The molecule has 2 aromatic heterocycles. The highest BCUT2D eigenvalue weighted by Gasteiger charge is 2.19. The molecule has 0 aliphatic rings. The predicted molar refractivity (Wildman–Crippen MR) is 121 cm³/mol. The molecule has 4 rings (SSSR count). The van der Waals surface area contributed by atoms with Crippen LogP contribution in [0, 0.1) is 5.82 Å². The first-order chi connectivity index (χ1) is 15.3. The molecule has 2 aromatic carbocycles. The van der Waals surface area contributed by atoms with Crippen molar-refractivity contribution in [3.05, 3.63) is 83.2 Å². The normalized spacial score (nSPS) is 11.3. The zero-order chi connectivity index (χ0) is 22.7. The Morgan fingerprint density at radius 1 is 1.12 bits per heavy atom. The zero-order valence-electron chi connectivity index (χ0n) is 16.8. The van der Waals surface area contributed by atoms with Crippen LogP contribution in [0.2, 0.25) is 0 Å². The van der Waals surface area contributed by atoms with Crippen molar-refractivity contribution >= 4 is 33.0 Å². The number of halogens is 1. The Kier molecular flexibility index (Phi) is 6.01. The molecule has 0 atom stereocenters. The van der Waals surface area contributed by atoms with Gasteiger partial charge < -0.3 is 5.32 Å². The highest BCUT2D eigenvalue weighted by molar-refractivity contribution is 7.92. The van der Waals surface area contributed by atoms with E-state index in [2.05, 4.69) is 20.1 Å². The summed E-state index contributed by atoms with van der Waals surface area (Å²) in [5.74, 6) is -0.443. The van der Waals surface area contributed by atoms with Gasteiger partial charge in [-0.25, -0.2) is 22.5 Å². The van der Waals surface area contributed by atoms with Gasteiger partial charge >= 0.3 is 0 Å². The van der Waals surface area contributed by atoms with Gasteiger partial charge in [0, 0.05) is 12.2 Å². The first kappa shape index (κ1) is 21.7. The maximum atomic E-state index is 13.3. The van der Waals surface area contributed by atoms with Gasteiger partial charge in [-0.15, -0.1) is 16.4 Å². The summed E-state index contributed by atoms with van der Waals surface area (Å²) in [6.07, 6.45) is 1.07. The molecule has 0 unspecified atom stereocenters. The monoisotopic (exact) mass is 471 g/mol. The summed E-state index contributed by atoms with van der Waals surface area (Å²) in [6.45, 7) is 0.150. The number of amides is 1. The Morgan fingerprint density at radius 2 is 1.91 bits per heavy atom. The Morgan fingerprint density at radius 3 is 2.59 bits per heavy atom. The number of anilines is 1. The van der Waals surface area contributed by atoms with Crippen molar-refractivity contribution in [2.24, 2.45) is 0 Å². The Labute approximate surface area is 187 Å². The average Bonchev–Trinajstić information content (AvgIpc) is 3.41. The second-order valence-corrected chi connectivity index (χ2v) is 9.58. The number of benzene rings is 2. The molecule has 0 saturated heterocycles. The fourth-order valence-corrected chi connectivity index (χ4v) is 4.21. The van der Waals surface area contributed by atoms with Gasteiger partial charge in [0.1, 0.15) is 5.82 Å². The first-order valence-electron chi connectivity index (χ1n) is 9.40. The summed E-state index contributed by atoms with van der Waals surface area (Å²) in [7, 11) is -3.40. The summed E-state index contributed by atoms with van der Waals surface area (Å²) >= 11 is 1.44. The van der Waals surface area contributed by atoms with Gasteiger partial charge in [-0.3, -0.25) is 9.52 Å². The van der Waals surface area contributed by atoms with E-state index in [4.69, 9.17) is 0 Å². The molecule has 8 nitrogen and oxygen atoms in total. The van der Waals surface area contributed by atoms with Crippen LogP contribution in [0.25, 0.3) is 16.4 Å². The fraction of sp³-hybridized carbons (Fsp3) is 0.0952. The van der Waals surface area contributed by atoms with Crippen molar-refractivity contribution in [1.82, 2.24) is 20.1 Å². The third-order valence-electron chi connectivity index (χ3n) is 4.31. The van der Waals surface area contributed by atoms with Crippen LogP contribution in [-0.4, -0.2) is 35.3 Å². The summed E-state index contributed by atoms with van der Waals surface area (Å²) < 4.78 is 40.1. The summed E-state index contributed by atoms with van der Waals surface area (Å²) in [5, 5.41) is 8.96. The number of carbonyl (C=O) groups is 1. The third kappa shape index (κ3) is 5.18. The third-order valence-corrected chi connectivity index (χ3v) is 5.78. The molecule has 0 aliphatic heterocycles. The minimum Gasteiger partial charge on any atom is -0.345 e. The molecule has 1 amide bonds. The van der Waals surface area contributed by atoms with Crippen LogP contribution < -0.4 is 10.0 Å². The van der Waals surface area contributed by atoms with Gasteiger partial charge in [-0.1, -0.05) is 18.2 Å². The maximum Gasteiger partial charge on any atom is 0.291 e. The van der Waals surface area contributed by atoms with Gasteiger partial charge in [-0.05, 0) is 53.4 Å². The number of carbonyl (C=O) groups excluding carboxylic acids is 1. The zero-order valence-corrected chi connectivity index (χ0v) is 18.5. The van der Waals surface area contributed by atoms with Crippen molar-refractivity contribution in [3.8, 4) is 16.4 Å². The SMILES string of the molecule is CS(=O)(=O)Nc1cccc(CNC(=O)c2nc(-c3cccs3)n(-c3ccc(F)cc3)n2)c1. The molecule has 0 fully saturated rings. The van der Waals surface area contributed by atoms with Gasteiger partial charge in [0.05, 0.1) is 16.8 Å². The average molecular weight is 472 g/mol. The first-order valence-corrected chi connectivity index (χ1v) is 12.2. The summed E-state index contributed by atoms with van der Waals surface area (Å²) in [4.78, 5) is 17.9. The quantitative estimate of drug-likeness (QED) is 0.430. The number of nitrogens with zero attached hydrogens (tertiary/aromatic N) is 3. The fourth-order valence-electron chi connectivity index (χ4n) is 2.96. The predicted octanol–water partition coefficient (Wildman–Crippen LogP) is 3.44. The van der Waals surface area contributed by atoms with Gasteiger partial charge in [0.15, 0.2) is 5.82 Å². The minimum atomic E-state index is -3.40. The van der Waals surface area contributed by atoms with E-state index in [-0.39, 0.29) is 18.2 Å². The molecule has 11 heteroatoms. The molecule has 0 spiro atoms. The molecule has 0 bridgehead atoms. The lowest BCUT2D eigenvalue weighted by molar-refractivity contribution is 0.0940. The number of sulfonamides is 1. The van der Waals surface area contributed by atoms with E-state index in [9.17, 15) is 17.6 Å². The topological polar surface area (TPSA) is 106 Å². The highest BCUT2D eigenvalue weighted by atomic mass is 32.2. The van der Waals surface area contributed by atoms with Crippen molar-refractivity contribution < 1.29 is 17.6 Å². The van der Waals surface area contributed by atoms with Crippen molar-refractivity contribution in [3.63, 3.8) is 0 Å². The number of nitrogens with one attached hydrogen (secondary N) is 2. The van der Waals surface area contributed by atoms with E-state index in [0.717, 1.165) is 11.1 Å². The van der Waals surface area contributed by atoms with E-state index in [1.807, 2.05) is 17.5 Å². The smallest absolute Gasteiger partial charge is 0.291 e. The van der Waals surface area contributed by atoms with Crippen LogP contribution >= 0.6 is 11.3 Å². The number of aromatic nitrogens is 3. The Balaban J connectivity index is 1.56. The van der Waals surface area contributed by atoms with Crippen LogP contribution in [0.1, 0.15) is 16.2 Å². The molecule has 164 valence electrons. The van der Waals surface area contributed by atoms with E-state index in [1.165, 1.54) is 28.2 Å². The second kappa shape index (κ2) is 8.89. The summed E-state index contributed by atoms with van der Waals surface area (Å²) in [5.41, 5.74) is 1.67. The Bertz CT molecular complexity index is 1350. The molecule has 0 saturated carbocycles. The molecule has 0 radical (unpaired) electrons. The molecule has 4 aromatic rings. The van der Waals surface area contributed by atoms with Crippen LogP contribution in [0.4, 0.5) is 10.1 Å². The van der Waals surface area contributed by atoms with Crippen LogP contribution in [0.5, 0.6) is 0 Å². The van der Waals surface area contributed by atoms with E-state index in [0.29, 0.717) is 22.8 Å². The maximum absolute atomic E-state index is 13.3. The number of hydrogen-bond acceptors (Lipinski definition) is 6. The van der Waals surface area contributed by atoms with Crippen molar-refractivity contribution in [2.45, 2.75) is 6.54 Å². The summed E-state index contributed by atoms with van der Waals surface area (Å²) in [6, 6.07) is 16.2. The minimum absolute atomic E-state index is 0.0388. The molecule has 2 N–H and O–H groups in total. The lowest BCUT2D eigenvalue weighted by atomic mass is 10.2. The lowest BCUT2D eigenvalue weighted by Crippen LogP contribution is -2.24. The largest absolute Gasteiger partial charge is 0.345 e. The van der Waals surface area contributed by atoms with E-state index < -0.39 is 15.9 Å². The second-order valence-electron chi connectivity index (χ2n) is 6.88.